The van der Waals surface area contributed by atoms with Crippen molar-refractivity contribution in [2.75, 3.05) is 26.2 Å². The van der Waals surface area contributed by atoms with Gasteiger partial charge in [-0.1, -0.05) is 0 Å². The number of aliphatic hydroxyl groups is 1. The summed E-state index contributed by atoms with van der Waals surface area (Å²) in [6.07, 6.45) is 4.02. The lowest BCUT2D eigenvalue weighted by molar-refractivity contribution is -0.123. The number of nitrogens with one attached hydrogen (secondary N) is 1. The van der Waals surface area contributed by atoms with Gasteiger partial charge in [0, 0.05) is 37.6 Å². The number of amides is 2. The molecule has 0 aromatic heterocycles. The third kappa shape index (κ3) is 4.83. The van der Waals surface area contributed by atoms with E-state index < -0.39 is 5.60 Å². The highest BCUT2D eigenvalue weighted by Crippen LogP contribution is 2.58. The first-order chi connectivity index (χ1) is 10.8. The van der Waals surface area contributed by atoms with Gasteiger partial charge in [-0.25, -0.2) is 4.79 Å². The molecular weight excluding hydrogens is 296 g/mol. The molecule has 2 fully saturated rings. The zero-order chi connectivity index (χ0) is 17.1. The highest BCUT2D eigenvalue weighted by atomic mass is 16.6. The van der Waals surface area contributed by atoms with Gasteiger partial charge in [0.05, 0.1) is 0 Å². The SMILES string of the molecule is CC(C)(C)OC(=O)N1CCCC2(CC2C(=O)NCCCCO)C1. The van der Waals surface area contributed by atoms with Crippen LogP contribution in [0.1, 0.15) is 52.9 Å². The number of aliphatic hydroxyl groups excluding tert-OH is 1. The summed E-state index contributed by atoms with van der Waals surface area (Å²) in [4.78, 5) is 26.2. The molecule has 0 bridgehead atoms. The zero-order valence-corrected chi connectivity index (χ0v) is 14.6. The summed E-state index contributed by atoms with van der Waals surface area (Å²) < 4.78 is 5.45. The van der Waals surface area contributed by atoms with Crippen molar-refractivity contribution in [2.45, 2.75) is 58.5 Å². The highest BCUT2D eigenvalue weighted by Gasteiger charge is 2.59. The van der Waals surface area contributed by atoms with Crippen LogP contribution in [0.15, 0.2) is 0 Å². The lowest BCUT2D eigenvalue weighted by Crippen LogP contribution is -2.45. The number of unbranched alkanes of at least 4 members (excludes halogenated alkanes) is 1. The first-order valence-corrected chi connectivity index (χ1v) is 8.64. The van der Waals surface area contributed by atoms with Gasteiger partial charge in [-0.05, 0) is 52.9 Å². The Morgan fingerprint density at radius 3 is 2.74 bits per heavy atom. The smallest absolute Gasteiger partial charge is 0.410 e. The van der Waals surface area contributed by atoms with Gasteiger partial charge < -0.3 is 20.1 Å². The molecule has 0 aromatic rings. The number of carbonyl (C=O) groups excluding carboxylic acids is 2. The highest BCUT2D eigenvalue weighted by molar-refractivity contribution is 5.83. The van der Waals surface area contributed by atoms with Gasteiger partial charge in [0.1, 0.15) is 5.60 Å². The van der Waals surface area contributed by atoms with E-state index in [4.69, 9.17) is 9.84 Å². The first kappa shape index (κ1) is 18.0. The third-order valence-electron chi connectivity index (χ3n) is 4.65. The van der Waals surface area contributed by atoms with Crippen LogP contribution in [0, 0.1) is 11.3 Å². The molecule has 6 nitrogen and oxygen atoms in total. The number of piperidine rings is 1. The largest absolute Gasteiger partial charge is 0.444 e. The second kappa shape index (κ2) is 7.07. The number of carbonyl (C=O) groups is 2. The summed E-state index contributed by atoms with van der Waals surface area (Å²) in [5.74, 6) is 0.107. The normalized spacial score (nSPS) is 27.0. The summed E-state index contributed by atoms with van der Waals surface area (Å²) in [7, 11) is 0. The molecule has 1 saturated carbocycles. The van der Waals surface area contributed by atoms with Crippen molar-refractivity contribution in [3.05, 3.63) is 0 Å². The van der Waals surface area contributed by atoms with Crippen LogP contribution in [0.2, 0.25) is 0 Å². The third-order valence-corrected chi connectivity index (χ3v) is 4.65. The Kier molecular flexibility index (Phi) is 5.55. The van der Waals surface area contributed by atoms with Crippen LogP contribution in [0.25, 0.3) is 0 Å². The second-order valence-electron chi connectivity index (χ2n) is 7.85. The molecule has 132 valence electrons. The van der Waals surface area contributed by atoms with E-state index in [9.17, 15) is 9.59 Å². The number of nitrogens with zero attached hydrogens (tertiary/aromatic N) is 1. The fourth-order valence-electron chi connectivity index (χ4n) is 3.38. The van der Waals surface area contributed by atoms with Crippen LogP contribution in [0.4, 0.5) is 4.79 Å². The summed E-state index contributed by atoms with van der Waals surface area (Å²) in [6, 6.07) is 0. The fraction of sp³-hybridized carbons (Fsp3) is 0.882. The molecule has 1 heterocycles. The monoisotopic (exact) mass is 326 g/mol. The molecule has 1 spiro atoms. The maximum atomic E-state index is 12.2. The predicted molar refractivity (Wildman–Crippen MR) is 86.9 cm³/mol. The Balaban J connectivity index is 1.82. The number of hydrogen-bond donors (Lipinski definition) is 2. The van der Waals surface area contributed by atoms with E-state index in [0.717, 1.165) is 25.7 Å². The Hall–Kier alpha value is -1.30. The van der Waals surface area contributed by atoms with E-state index in [0.29, 0.717) is 26.1 Å². The molecule has 23 heavy (non-hydrogen) atoms. The number of ether oxygens (including phenoxy) is 1. The number of likely N-dealkylation sites (tertiary alicyclic amines) is 1. The van der Waals surface area contributed by atoms with Crippen molar-refractivity contribution in [2.24, 2.45) is 11.3 Å². The standard InChI is InChI=1S/C17H30N2O4/c1-16(2,3)23-15(22)19-9-6-7-17(12-19)11-13(17)14(21)18-8-4-5-10-20/h13,20H,4-12H2,1-3H3,(H,18,21). The fourth-order valence-corrected chi connectivity index (χ4v) is 3.38. The molecule has 1 aliphatic carbocycles. The van der Waals surface area contributed by atoms with E-state index >= 15 is 0 Å². The molecule has 1 saturated heterocycles. The lowest BCUT2D eigenvalue weighted by atomic mass is 9.92. The molecule has 2 aliphatic rings. The minimum absolute atomic E-state index is 0.0156. The van der Waals surface area contributed by atoms with Crippen molar-refractivity contribution < 1.29 is 19.4 Å². The van der Waals surface area contributed by atoms with Gasteiger partial charge in [0.2, 0.25) is 5.91 Å². The summed E-state index contributed by atoms with van der Waals surface area (Å²) in [5.41, 5.74) is -0.537. The average Bonchev–Trinajstić information content (AvgIpc) is 3.15. The molecule has 2 N–H and O–H groups in total. The van der Waals surface area contributed by atoms with E-state index in [1.54, 1.807) is 4.90 Å². The number of rotatable bonds is 5. The van der Waals surface area contributed by atoms with Crippen molar-refractivity contribution in [1.29, 1.82) is 0 Å². The van der Waals surface area contributed by atoms with Gasteiger partial charge in [-0.2, -0.15) is 0 Å². The van der Waals surface area contributed by atoms with Crippen LogP contribution < -0.4 is 5.32 Å². The molecule has 2 rings (SSSR count). The van der Waals surface area contributed by atoms with Gasteiger partial charge >= 0.3 is 6.09 Å². The molecular formula is C17H30N2O4. The minimum atomic E-state index is -0.491. The second-order valence-corrected chi connectivity index (χ2v) is 7.85. The van der Waals surface area contributed by atoms with Gasteiger partial charge in [0.25, 0.3) is 0 Å². The summed E-state index contributed by atoms with van der Waals surface area (Å²) in [5, 5.41) is 11.7. The Bertz CT molecular complexity index is 446. The van der Waals surface area contributed by atoms with Gasteiger partial charge in [-0.3, -0.25) is 4.79 Å². The Morgan fingerprint density at radius 1 is 1.35 bits per heavy atom. The van der Waals surface area contributed by atoms with Crippen LogP contribution >= 0.6 is 0 Å². The topological polar surface area (TPSA) is 78.9 Å². The van der Waals surface area contributed by atoms with Crippen LogP contribution in [-0.2, 0) is 9.53 Å². The van der Waals surface area contributed by atoms with Crippen molar-refractivity contribution in [3.63, 3.8) is 0 Å². The predicted octanol–water partition coefficient (Wildman–Crippen LogP) is 1.91. The van der Waals surface area contributed by atoms with Crippen molar-refractivity contribution in [3.8, 4) is 0 Å². The Morgan fingerprint density at radius 2 is 2.09 bits per heavy atom. The maximum absolute atomic E-state index is 12.2. The van der Waals surface area contributed by atoms with Crippen LogP contribution in [0.3, 0.4) is 0 Å². The molecule has 0 aromatic carbocycles. The molecule has 1 aliphatic heterocycles. The molecule has 6 heteroatoms. The average molecular weight is 326 g/mol. The summed E-state index contributed by atoms with van der Waals surface area (Å²) >= 11 is 0. The quantitative estimate of drug-likeness (QED) is 0.757. The van der Waals surface area contributed by atoms with Gasteiger partial charge in [-0.15, -0.1) is 0 Å². The Labute approximate surface area is 138 Å². The van der Waals surface area contributed by atoms with E-state index in [1.807, 2.05) is 20.8 Å². The molecule has 0 radical (unpaired) electrons. The zero-order valence-electron chi connectivity index (χ0n) is 14.6. The van der Waals surface area contributed by atoms with Crippen LogP contribution in [0.5, 0.6) is 0 Å². The number of hydrogen-bond acceptors (Lipinski definition) is 4. The first-order valence-electron chi connectivity index (χ1n) is 8.64. The molecule has 2 unspecified atom stereocenters. The molecule has 2 amide bonds. The lowest BCUT2D eigenvalue weighted by Gasteiger charge is -2.35. The van der Waals surface area contributed by atoms with E-state index in [2.05, 4.69) is 5.32 Å². The van der Waals surface area contributed by atoms with Crippen LogP contribution in [-0.4, -0.2) is 53.8 Å². The van der Waals surface area contributed by atoms with Crippen molar-refractivity contribution >= 4 is 12.0 Å². The van der Waals surface area contributed by atoms with E-state index in [1.165, 1.54) is 0 Å². The maximum Gasteiger partial charge on any atom is 0.410 e. The molecule has 2 atom stereocenters. The van der Waals surface area contributed by atoms with Crippen molar-refractivity contribution in [1.82, 2.24) is 10.2 Å². The van der Waals surface area contributed by atoms with E-state index in [-0.39, 0.29) is 29.9 Å². The van der Waals surface area contributed by atoms with Gasteiger partial charge in [0.15, 0.2) is 0 Å². The minimum Gasteiger partial charge on any atom is -0.444 e. The summed E-state index contributed by atoms with van der Waals surface area (Å²) in [6.45, 7) is 7.70.